The molecule has 0 bridgehead atoms. The summed E-state index contributed by atoms with van der Waals surface area (Å²) in [5.41, 5.74) is 8.44. The van der Waals surface area contributed by atoms with Crippen molar-refractivity contribution in [1.29, 1.82) is 5.41 Å². The van der Waals surface area contributed by atoms with Gasteiger partial charge in [-0.3, -0.25) is 15.0 Å². The van der Waals surface area contributed by atoms with Gasteiger partial charge in [0.1, 0.15) is 0 Å². The summed E-state index contributed by atoms with van der Waals surface area (Å²) in [6, 6.07) is 25.1. The van der Waals surface area contributed by atoms with E-state index in [4.69, 9.17) is 34.3 Å². The number of hydrogen-bond donors (Lipinski definition) is 5. The molecule has 0 saturated carbocycles. The number of hydrogen-bond acceptors (Lipinski definition) is 4. The molecular formula is C33H38Cl2N6O2. The van der Waals surface area contributed by atoms with Gasteiger partial charge >= 0.3 is 0 Å². The second kappa shape index (κ2) is 16.1. The standard InChI is InChI=1S/C33H38Cl2N6O2/c34-26-15-13-25(29(35)20-26)14-16-31(42)39-21-27-17-19-41(32(43)30(40-27)12-7-18-38-33(36)37)22-28(23-8-3-1-4-9-23)24-10-5-2-6-11-24/h1-6,8-11,13-16,20,27-28,30,40H,7,12,17-19,21-22H2,(H,39,42)(H4,36,37,38)/b16-14+/t27-,30-/m0/s1. The number of carbonyl (C=O) groups is 2. The molecule has 2 amide bonds. The van der Waals surface area contributed by atoms with Gasteiger partial charge in [-0.2, -0.15) is 0 Å². The molecule has 0 radical (unpaired) electrons. The van der Waals surface area contributed by atoms with Gasteiger partial charge in [0.05, 0.1) is 6.04 Å². The fourth-order valence-corrected chi connectivity index (χ4v) is 5.71. The lowest BCUT2D eigenvalue weighted by molar-refractivity contribution is -0.133. The minimum Gasteiger partial charge on any atom is -0.370 e. The van der Waals surface area contributed by atoms with Crippen LogP contribution in [0.3, 0.4) is 0 Å². The second-order valence-electron chi connectivity index (χ2n) is 10.6. The van der Waals surface area contributed by atoms with Crippen LogP contribution in [-0.2, 0) is 9.59 Å². The van der Waals surface area contributed by atoms with Crippen molar-refractivity contribution < 1.29 is 9.59 Å². The Morgan fingerprint density at radius 1 is 1.05 bits per heavy atom. The van der Waals surface area contributed by atoms with Crippen LogP contribution in [0.1, 0.15) is 41.9 Å². The lowest BCUT2D eigenvalue weighted by Crippen LogP contribution is -2.49. The van der Waals surface area contributed by atoms with Crippen molar-refractivity contribution in [3.8, 4) is 0 Å². The van der Waals surface area contributed by atoms with Gasteiger partial charge in [0, 0.05) is 54.3 Å². The van der Waals surface area contributed by atoms with E-state index in [1.165, 1.54) is 6.08 Å². The number of guanidine groups is 1. The Labute approximate surface area is 263 Å². The summed E-state index contributed by atoms with van der Waals surface area (Å²) in [7, 11) is 0. The fraction of sp³-hybridized carbons (Fsp3) is 0.303. The Kier molecular flexibility index (Phi) is 12.0. The molecule has 3 aromatic carbocycles. The molecule has 6 N–H and O–H groups in total. The molecule has 2 atom stereocenters. The summed E-state index contributed by atoms with van der Waals surface area (Å²) >= 11 is 12.2. The maximum Gasteiger partial charge on any atom is 0.244 e. The number of carbonyl (C=O) groups excluding carboxylic acids is 2. The molecule has 4 rings (SSSR count). The van der Waals surface area contributed by atoms with Gasteiger partial charge in [0.15, 0.2) is 5.96 Å². The zero-order valence-corrected chi connectivity index (χ0v) is 25.5. The van der Waals surface area contributed by atoms with E-state index in [0.29, 0.717) is 61.1 Å². The minimum absolute atomic E-state index is 0.0208. The molecule has 1 heterocycles. The smallest absolute Gasteiger partial charge is 0.244 e. The summed E-state index contributed by atoms with van der Waals surface area (Å²) in [5.74, 6) is -0.294. The van der Waals surface area contributed by atoms with E-state index >= 15 is 0 Å². The van der Waals surface area contributed by atoms with Gasteiger partial charge < -0.3 is 26.6 Å². The van der Waals surface area contributed by atoms with Crippen LogP contribution >= 0.6 is 23.2 Å². The number of nitrogens with one attached hydrogen (secondary N) is 4. The molecule has 1 aliphatic rings. The van der Waals surface area contributed by atoms with Crippen LogP contribution < -0.4 is 21.7 Å². The number of rotatable bonds is 12. The number of amides is 2. The van der Waals surface area contributed by atoms with E-state index in [0.717, 1.165) is 11.1 Å². The van der Waals surface area contributed by atoms with Gasteiger partial charge in [-0.15, -0.1) is 0 Å². The van der Waals surface area contributed by atoms with Gasteiger partial charge in [-0.1, -0.05) is 89.9 Å². The Bertz CT molecular complexity index is 1360. The summed E-state index contributed by atoms with van der Waals surface area (Å²) in [6.45, 7) is 1.96. The minimum atomic E-state index is -0.436. The molecule has 1 saturated heterocycles. The summed E-state index contributed by atoms with van der Waals surface area (Å²) in [6.07, 6.45) is 4.99. The predicted octanol–water partition coefficient (Wildman–Crippen LogP) is 4.78. The number of halogens is 2. The number of nitrogens with zero attached hydrogens (tertiary/aromatic N) is 1. The van der Waals surface area contributed by atoms with Gasteiger partial charge in [0.2, 0.25) is 11.8 Å². The molecule has 3 aromatic rings. The first kappa shape index (κ1) is 32.1. The number of nitrogens with two attached hydrogens (primary N) is 1. The third-order valence-corrected chi connectivity index (χ3v) is 8.05. The van der Waals surface area contributed by atoms with E-state index in [1.54, 1.807) is 24.3 Å². The average Bonchev–Trinajstić information content (AvgIpc) is 3.15. The van der Waals surface area contributed by atoms with Crippen LogP contribution in [0, 0.1) is 5.41 Å². The molecule has 43 heavy (non-hydrogen) atoms. The monoisotopic (exact) mass is 620 g/mol. The summed E-state index contributed by atoms with van der Waals surface area (Å²) < 4.78 is 0. The second-order valence-corrected chi connectivity index (χ2v) is 11.4. The van der Waals surface area contributed by atoms with Crippen molar-refractivity contribution in [1.82, 2.24) is 20.9 Å². The first-order chi connectivity index (χ1) is 20.8. The van der Waals surface area contributed by atoms with Crippen LogP contribution in [0.15, 0.2) is 84.9 Å². The lowest BCUT2D eigenvalue weighted by Gasteiger charge is -2.29. The Balaban J connectivity index is 1.46. The molecule has 0 spiro atoms. The van der Waals surface area contributed by atoms with Crippen molar-refractivity contribution >= 4 is 47.1 Å². The van der Waals surface area contributed by atoms with Crippen LogP contribution in [0.25, 0.3) is 6.08 Å². The van der Waals surface area contributed by atoms with E-state index in [2.05, 4.69) is 40.2 Å². The topological polar surface area (TPSA) is 123 Å². The van der Waals surface area contributed by atoms with Crippen LogP contribution in [0.4, 0.5) is 0 Å². The first-order valence-electron chi connectivity index (χ1n) is 14.4. The van der Waals surface area contributed by atoms with E-state index in [1.807, 2.05) is 41.3 Å². The fourth-order valence-electron chi connectivity index (χ4n) is 5.24. The molecule has 10 heteroatoms. The molecule has 1 fully saturated rings. The third-order valence-electron chi connectivity index (χ3n) is 7.49. The first-order valence-corrected chi connectivity index (χ1v) is 15.2. The average molecular weight is 622 g/mol. The highest BCUT2D eigenvalue weighted by molar-refractivity contribution is 6.35. The molecule has 1 aliphatic heterocycles. The molecule has 0 unspecified atom stereocenters. The van der Waals surface area contributed by atoms with Crippen molar-refractivity contribution in [3.05, 3.63) is 112 Å². The molecule has 226 valence electrons. The summed E-state index contributed by atoms with van der Waals surface area (Å²) in [5, 5.41) is 17.7. The maximum absolute atomic E-state index is 13.9. The normalized spacial score (nSPS) is 17.2. The Morgan fingerprint density at radius 3 is 2.35 bits per heavy atom. The number of benzene rings is 3. The van der Waals surface area contributed by atoms with Gasteiger partial charge in [-0.05, 0) is 54.2 Å². The quantitative estimate of drug-likeness (QED) is 0.0863. The van der Waals surface area contributed by atoms with Crippen molar-refractivity contribution in [2.75, 3.05) is 26.2 Å². The molecule has 0 aromatic heterocycles. The zero-order valence-electron chi connectivity index (χ0n) is 23.9. The Hall–Kier alpha value is -3.85. The van der Waals surface area contributed by atoms with Crippen LogP contribution in [0.5, 0.6) is 0 Å². The highest BCUT2D eigenvalue weighted by atomic mass is 35.5. The van der Waals surface area contributed by atoms with Gasteiger partial charge in [0.25, 0.3) is 0 Å². The molecule has 8 nitrogen and oxygen atoms in total. The maximum atomic E-state index is 13.9. The summed E-state index contributed by atoms with van der Waals surface area (Å²) in [4.78, 5) is 28.5. The predicted molar refractivity (Wildman–Crippen MR) is 174 cm³/mol. The van der Waals surface area contributed by atoms with Crippen molar-refractivity contribution in [2.24, 2.45) is 5.73 Å². The highest BCUT2D eigenvalue weighted by Crippen LogP contribution is 2.27. The van der Waals surface area contributed by atoms with E-state index < -0.39 is 6.04 Å². The zero-order chi connectivity index (χ0) is 30.6. The molecule has 0 aliphatic carbocycles. The van der Waals surface area contributed by atoms with E-state index in [-0.39, 0.29) is 29.7 Å². The van der Waals surface area contributed by atoms with Gasteiger partial charge in [-0.25, -0.2) is 0 Å². The van der Waals surface area contributed by atoms with Crippen molar-refractivity contribution in [3.63, 3.8) is 0 Å². The largest absolute Gasteiger partial charge is 0.370 e. The SMILES string of the molecule is N=C(N)NCCC[C@@H]1N[C@H](CNC(=O)/C=C/c2ccc(Cl)cc2Cl)CCN(CC(c2ccccc2)c2ccccc2)C1=O. The Morgan fingerprint density at radius 2 is 1.72 bits per heavy atom. The van der Waals surface area contributed by atoms with E-state index in [9.17, 15) is 9.59 Å². The lowest BCUT2D eigenvalue weighted by atomic mass is 9.90. The third kappa shape index (κ3) is 9.85. The molecular weight excluding hydrogens is 583 g/mol. The highest BCUT2D eigenvalue weighted by Gasteiger charge is 2.32. The van der Waals surface area contributed by atoms with Crippen molar-refractivity contribution in [2.45, 2.75) is 37.3 Å². The van der Waals surface area contributed by atoms with Crippen LogP contribution in [0.2, 0.25) is 10.0 Å². The van der Waals surface area contributed by atoms with Crippen LogP contribution in [-0.4, -0.2) is 60.9 Å².